The van der Waals surface area contributed by atoms with E-state index in [1.165, 1.54) is 11.1 Å². The van der Waals surface area contributed by atoms with Crippen molar-refractivity contribution in [1.29, 1.82) is 0 Å². The van der Waals surface area contributed by atoms with E-state index in [0.717, 1.165) is 6.42 Å². The molecule has 1 unspecified atom stereocenters. The average molecular weight is 204 g/mol. The van der Waals surface area contributed by atoms with Crippen LogP contribution in [0.2, 0.25) is 0 Å². The molecule has 0 saturated heterocycles. The summed E-state index contributed by atoms with van der Waals surface area (Å²) in [7, 11) is 0. The fourth-order valence-corrected chi connectivity index (χ4v) is 1.87. The molecule has 2 rings (SSSR count). The van der Waals surface area contributed by atoms with Crippen molar-refractivity contribution in [3.05, 3.63) is 53.6 Å². The van der Waals surface area contributed by atoms with Gasteiger partial charge in [0.25, 0.3) is 0 Å². The molecule has 0 nitrogen and oxygen atoms in total. The first kappa shape index (κ1) is 9.54. The SMILES string of the molecule is ClC/C=C/CC1C=Cc2ccc[c]c21. The van der Waals surface area contributed by atoms with Crippen molar-refractivity contribution in [1.82, 2.24) is 0 Å². The highest BCUT2D eigenvalue weighted by Crippen LogP contribution is 2.31. The molecule has 0 aromatic heterocycles. The number of halogens is 1. The van der Waals surface area contributed by atoms with Crippen LogP contribution in [0.25, 0.3) is 6.08 Å². The first-order chi connectivity index (χ1) is 6.92. The van der Waals surface area contributed by atoms with Crippen molar-refractivity contribution in [3.8, 4) is 0 Å². The predicted molar refractivity (Wildman–Crippen MR) is 61.5 cm³/mol. The Labute approximate surface area is 89.9 Å². The lowest BCUT2D eigenvalue weighted by Crippen LogP contribution is -1.91. The number of alkyl halides is 1. The molecule has 1 aliphatic carbocycles. The van der Waals surface area contributed by atoms with Gasteiger partial charge in [0.1, 0.15) is 0 Å². The summed E-state index contributed by atoms with van der Waals surface area (Å²) >= 11 is 5.57. The summed E-state index contributed by atoms with van der Waals surface area (Å²) in [5.41, 5.74) is 2.61. The van der Waals surface area contributed by atoms with Crippen molar-refractivity contribution in [2.24, 2.45) is 0 Å². The summed E-state index contributed by atoms with van der Waals surface area (Å²) in [6.45, 7) is 0. The smallest absolute Gasteiger partial charge is 0.0404 e. The fourth-order valence-electron chi connectivity index (χ4n) is 1.75. The van der Waals surface area contributed by atoms with E-state index >= 15 is 0 Å². The van der Waals surface area contributed by atoms with E-state index in [0.29, 0.717) is 11.8 Å². The standard InChI is InChI=1S/C13H12Cl/c14-10-4-3-6-12-9-8-11-5-1-2-7-13(11)12/h1-5,8-9,12H,6,10H2/b4-3+. The lowest BCUT2D eigenvalue weighted by Gasteiger charge is -2.06. The normalized spacial score (nSPS) is 19.1. The van der Waals surface area contributed by atoms with Crippen molar-refractivity contribution in [2.75, 3.05) is 5.88 Å². The average Bonchev–Trinajstić information content (AvgIpc) is 2.63. The van der Waals surface area contributed by atoms with Gasteiger partial charge in [0.2, 0.25) is 0 Å². The molecular weight excluding hydrogens is 192 g/mol. The zero-order valence-electron chi connectivity index (χ0n) is 7.91. The van der Waals surface area contributed by atoms with Crippen molar-refractivity contribution >= 4 is 17.7 Å². The van der Waals surface area contributed by atoms with Crippen LogP contribution in [0.15, 0.2) is 36.4 Å². The zero-order chi connectivity index (χ0) is 9.80. The molecule has 1 radical (unpaired) electrons. The number of hydrogen-bond donors (Lipinski definition) is 0. The number of allylic oxidation sites excluding steroid dienone is 3. The number of benzene rings is 1. The summed E-state index contributed by atoms with van der Waals surface area (Å²) in [5.74, 6) is 1.09. The first-order valence-corrected chi connectivity index (χ1v) is 5.35. The Bertz CT molecular complexity index is 363. The van der Waals surface area contributed by atoms with Crippen LogP contribution in [-0.2, 0) is 0 Å². The molecule has 0 aliphatic heterocycles. The van der Waals surface area contributed by atoms with Gasteiger partial charge in [-0.2, -0.15) is 0 Å². The molecular formula is C13H12Cl. The van der Waals surface area contributed by atoms with Crippen molar-refractivity contribution in [3.63, 3.8) is 0 Å². The van der Waals surface area contributed by atoms with Crippen LogP contribution in [0.3, 0.4) is 0 Å². The summed E-state index contributed by atoms with van der Waals surface area (Å²) in [4.78, 5) is 0. The lowest BCUT2D eigenvalue weighted by molar-refractivity contribution is 0.877. The van der Waals surface area contributed by atoms with Crippen LogP contribution < -0.4 is 0 Å². The zero-order valence-corrected chi connectivity index (χ0v) is 8.67. The molecule has 0 bridgehead atoms. The second kappa shape index (κ2) is 4.47. The molecule has 1 aliphatic rings. The number of rotatable bonds is 3. The van der Waals surface area contributed by atoms with Crippen LogP contribution >= 0.6 is 11.6 Å². The van der Waals surface area contributed by atoms with Crippen LogP contribution in [0.4, 0.5) is 0 Å². The molecule has 14 heavy (non-hydrogen) atoms. The van der Waals surface area contributed by atoms with E-state index in [1.807, 2.05) is 18.2 Å². The van der Waals surface area contributed by atoms with Crippen molar-refractivity contribution < 1.29 is 0 Å². The summed E-state index contributed by atoms with van der Waals surface area (Å²) < 4.78 is 0. The monoisotopic (exact) mass is 203 g/mol. The molecule has 1 atom stereocenters. The van der Waals surface area contributed by atoms with E-state index in [9.17, 15) is 0 Å². The second-order valence-electron chi connectivity index (χ2n) is 3.37. The minimum absolute atomic E-state index is 0.491. The highest BCUT2D eigenvalue weighted by Gasteiger charge is 2.14. The van der Waals surface area contributed by atoms with Gasteiger partial charge in [-0.05, 0) is 23.6 Å². The van der Waals surface area contributed by atoms with Gasteiger partial charge in [0.15, 0.2) is 0 Å². The van der Waals surface area contributed by atoms with Gasteiger partial charge in [-0.15, -0.1) is 11.6 Å². The van der Waals surface area contributed by atoms with Crippen LogP contribution in [-0.4, -0.2) is 5.88 Å². The molecule has 1 heteroatoms. The maximum atomic E-state index is 5.57. The van der Waals surface area contributed by atoms with Crippen LogP contribution in [0.5, 0.6) is 0 Å². The topological polar surface area (TPSA) is 0 Å². The Balaban J connectivity index is 2.11. The van der Waals surface area contributed by atoms with Gasteiger partial charge in [-0.1, -0.05) is 42.5 Å². The third-order valence-electron chi connectivity index (χ3n) is 2.45. The Morgan fingerprint density at radius 2 is 2.36 bits per heavy atom. The molecule has 0 fully saturated rings. The van der Waals surface area contributed by atoms with Crippen molar-refractivity contribution in [2.45, 2.75) is 12.3 Å². The summed E-state index contributed by atoms with van der Waals surface area (Å²) in [6.07, 6.45) is 9.57. The predicted octanol–water partition coefficient (Wildman–Crippen LogP) is 3.78. The highest BCUT2D eigenvalue weighted by atomic mass is 35.5. The van der Waals surface area contributed by atoms with Gasteiger partial charge in [-0.25, -0.2) is 0 Å². The Morgan fingerprint density at radius 1 is 1.43 bits per heavy atom. The largest absolute Gasteiger partial charge is 0.122 e. The molecule has 0 saturated carbocycles. The Hall–Kier alpha value is -1.01. The lowest BCUT2D eigenvalue weighted by atomic mass is 9.98. The molecule has 1 aromatic carbocycles. The maximum absolute atomic E-state index is 5.57. The van der Waals surface area contributed by atoms with Gasteiger partial charge >= 0.3 is 0 Å². The molecule has 0 amide bonds. The minimum Gasteiger partial charge on any atom is -0.122 e. The molecule has 0 heterocycles. The van der Waals surface area contributed by atoms with Crippen LogP contribution in [0.1, 0.15) is 23.5 Å². The fraction of sp³-hybridized carbons (Fsp3) is 0.231. The highest BCUT2D eigenvalue weighted by molar-refractivity contribution is 6.18. The van der Waals surface area contributed by atoms with Gasteiger partial charge < -0.3 is 0 Å². The first-order valence-electron chi connectivity index (χ1n) is 4.81. The van der Waals surface area contributed by atoms with E-state index in [1.54, 1.807) is 0 Å². The molecule has 0 N–H and O–H groups in total. The van der Waals surface area contributed by atoms with Gasteiger partial charge in [0.05, 0.1) is 0 Å². The molecule has 0 spiro atoms. The minimum atomic E-state index is 0.491. The third kappa shape index (κ3) is 1.91. The van der Waals surface area contributed by atoms with E-state index < -0.39 is 0 Å². The third-order valence-corrected chi connectivity index (χ3v) is 2.62. The molecule has 1 aromatic rings. The maximum Gasteiger partial charge on any atom is 0.0404 e. The number of fused-ring (bicyclic) bond motifs is 1. The molecule has 71 valence electrons. The number of hydrogen-bond acceptors (Lipinski definition) is 0. The quantitative estimate of drug-likeness (QED) is 0.518. The van der Waals surface area contributed by atoms with E-state index in [4.69, 9.17) is 11.6 Å². The van der Waals surface area contributed by atoms with E-state index in [2.05, 4.69) is 30.4 Å². The summed E-state index contributed by atoms with van der Waals surface area (Å²) in [5, 5.41) is 0. The van der Waals surface area contributed by atoms with Gasteiger partial charge in [0, 0.05) is 11.8 Å². The Morgan fingerprint density at radius 3 is 3.21 bits per heavy atom. The van der Waals surface area contributed by atoms with E-state index in [-0.39, 0.29) is 0 Å². The van der Waals surface area contributed by atoms with Gasteiger partial charge in [-0.3, -0.25) is 0 Å². The second-order valence-corrected chi connectivity index (χ2v) is 3.67. The van der Waals surface area contributed by atoms with Crippen LogP contribution in [0, 0.1) is 6.07 Å². The Kier molecular flexibility index (Phi) is 3.05. The summed E-state index contributed by atoms with van der Waals surface area (Å²) in [6, 6.07) is 9.43.